The van der Waals surface area contributed by atoms with Crippen molar-refractivity contribution in [3.63, 3.8) is 0 Å². The Kier molecular flexibility index (Phi) is 3.52. The van der Waals surface area contributed by atoms with Crippen LogP contribution in [0.15, 0.2) is 18.2 Å². The molecule has 0 aliphatic heterocycles. The van der Waals surface area contributed by atoms with Crippen molar-refractivity contribution in [1.82, 2.24) is 0 Å². The fraction of sp³-hybridized carbons (Fsp3) is 0.417. The molecule has 16 heavy (non-hydrogen) atoms. The summed E-state index contributed by atoms with van der Waals surface area (Å²) in [7, 11) is 1.38. The van der Waals surface area contributed by atoms with Crippen LogP contribution in [0.4, 0.5) is 4.39 Å². The molecule has 0 aliphatic carbocycles. The van der Waals surface area contributed by atoms with Gasteiger partial charge in [0, 0.05) is 5.41 Å². The molecule has 1 aromatic carbocycles. The van der Waals surface area contributed by atoms with Gasteiger partial charge in [0.05, 0.1) is 13.5 Å². The first kappa shape index (κ1) is 12.5. The average molecular weight is 226 g/mol. The fourth-order valence-corrected chi connectivity index (χ4v) is 1.66. The van der Waals surface area contributed by atoms with Crippen molar-refractivity contribution >= 4 is 5.97 Å². The van der Waals surface area contributed by atoms with E-state index in [2.05, 4.69) is 0 Å². The predicted octanol–water partition coefficient (Wildman–Crippen LogP) is 2.59. The van der Waals surface area contributed by atoms with Gasteiger partial charge in [-0.1, -0.05) is 26.0 Å². The Balaban J connectivity index is 3.17. The van der Waals surface area contributed by atoms with Gasteiger partial charge in [0.15, 0.2) is 11.6 Å². The SMILES string of the molecule is COc1cccc(C(C)(C)CC(=O)O)c1F. The second kappa shape index (κ2) is 4.51. The van der Waals surface area contributed by atoms with E-state index in [9.17, 15) is 9.18 Å². The third-order valence-corrected chi connectivity index (χ3v) is 2.51. The van der Waals surface area contributed by atoms with Crippen LogP contribution in [0.2, 0.25) is 0 Å². The highest BCUT2D eigenvalue weighted by Gasteiger charge is 2.28. The minimum absolute atomic E-state index is 0.128. The molecule has 1 rings (SSSR count). The van der Waals surface area contributed by atoms with E-state index in [0.717, 1.165) is 0 Å². The van der Waals surface area contributed by atoms with Gasteiger partial charge in [-0.3, -0.25) is 4.79 Å². The molecule has 0 aromatic heterocycles. The second-order valence-corrected chi connectivity index (χ2v) is 4.28. The summed E-state index contributed by atoms with van der Waals surface area (Å²) in [5, 5.41) is 8.77. The maximum absolute atomic E-state index is 13.9. The van der Waals surface area contributed by atoms with Crippen LogP contribution in [0.5, 0.6) is 5.75 Å². The Morgan fingerprint density at radius 3 is 2.62 bits per heavy atom. The summed E-state index contributed by atoms with van der Waals surface area (Å²) in [6, 6.07) is 4.75. The van der Waals surface area contributed by atoms with Crippen molar-refractivity contribution in [2.75, 3.05) is 7.11 Å². The van der Waals surface area contributed by atoms with Gasteiger partial charge in [0.1, 0.15) is 0 Å². The number of rotatable bonds is 4. The summed E-state index contributed by atoms with van der Waals surface area (Å²) in [6.45, 7) is 3.39. The number of carboxylic acid groups (broad SMARTS) is 1. The normalized spacial score (nSPS) is 11.2. The fourth-order valence-electron chi connectivity index (χ4n) is 1.66. The number of benzene rings is 1. The van der Waals surface area contributed by atoms with Crippen molar-refractivity contribution in [2.45, 2.75) is 25.7 Å². The van der Waals surface area contributed by atoms with E-state index in [1.165, 1.54) is 13.2 Å². The zero-order valence-electron chi connectivity index (χ0n) is 9.58. The largest absolute Gasteiger partial charge is 0.494 e. The van der Waals surface area contributed by atoms with Crippen molar-refractivity contribution in [3.05, 3.63) is 29.6 Å². The molecule has 0 unspecified atom stereocenters. The summed E-state index contributed by atoms with van der Waals surface area (Å²) in [6.07, 6.45) is -0.128. The number of hydrogen-bond donors (Lipinski definition) is 1. The Bertz CT molecular complexity index is 399. The van der Waals surface area contributed by atoms with E-state index < -0.39 is 17.2 Å². The van der Waals surface area contributed by atoms with E-state index in [4.69, 9.17) is 9.84 Å². The molecule has 0 atom stereocenters. The molecule has 0 fully saturated rings. The third kappa shape index (κ3) is 2.51. The molecule has 0 heterocycles. The quantitative estimate of drug-likeness (QED) is 0.858. The number of hydrogen-bond acceptors (Lipinski definition) is 2. The van der Waals surface area contributed by atoms with E-state index in [0.29, 0.717) is 5.56 Å². The van der Waals surface area contributed by atoms with Gasteiger partial charge in [0.25, 0.3) is 0 Å². The smallest absolute Gasteiger partial charge is 0.304 e. The molecule has 0 bridgehead atoms. The van der Waals surface area contributed by atoms with Gasteiger partial charge in [-0.25, -0.2) is 4.39 Å². The highest BCUT2D eigenvalue weighted by Crippen LogP contribution is 2.32. The number of carboxylic acids is 1. The highest BCUT2D eigenvalue weighted by atomic mass is 19.1. The molecular formula is C12H15FO3. The van der Waals surface area contributed by atoms with Gasteiger partial charge in [0.2, 0.25) is 0 Å². The zero-order valence-corrected chi connectivity index (χ0v) is 9.58. The number of methoxy groups -OCH3 is 1. The topological polar surface area (TPSA) is 46.5 Å². The van der Waals surface area contributed by atoms with Crippen LogP contribution in [0.3, 0.4) is 0 Å². The van der Waals surface area contributed by atoms with Crippen LogP contribution in [0.1, 0.15) is 25.8 Å². The van der Waals surface area contributed by atoms with Gasteiger partial charge in [-0.05, 0) is 11.6 Å². The third-order valence-electron chi connectivity index (χ3n) is 2.51. The summed E-state index contributed by atoms with van der Waals surface area (Å²) in [4.78, 5) is 10.7. The minimum atomic E-state index is -0.952. The van der Waals surface area contributed by atoms with Crippen LogP contribution in [-0.2, 0) is 10.2 Å². The lowest BCUT2D eigenvalue weighted by Crippen LogP contribution is -2.23. The molecule has 4 heteroatoms. The molecule has 88 valence electrons. The van der Waals surface area contributed by atoms with E-state index in [1.54, 1.807) is 26.0 Å². The molecule has 1 N–H and O–H groups in total. The first-order chi connectivity index (χ1) is 7.38. The number of carbonyl (C=O) groups is 1. The summed E-state index contributed by atoms with van der Waals surface area (Å²) >= 11 is 0. The standard InChI is InChI=1S/C12H15FO3/c1-12(2,7-10(14)15)8-5-4-6-9(16-3)11(8)13/h4-6H,7H2,1-3H3,(H,14,15). The van der Waals surface area contributed by atoms with Crippen LogP contribution in [0, 0.1) is 5.82 Å². The molecule has 3 nitrogen and oxygen atoms in total. The molecule has 0 saturated heterocycles. The Hall–Kier alpha value is -1.58. The van der Waals surface area contributed by atoms with Gasteiger partial charge in [-0.2, -0.15) is 0 Å². The molecule has 0 saturated carbocycles. The lowest BCUT2D eigenvalue weighted by atomic mass is 9.81. The summed E-state index contributed by atoms with van der Waals surface area (Å²) in [5.74, 6) is -1.31. The van der Waals surface area contributed by atoms with Crippen molar-refractivity contribution in [2.24, 2.45) is 0 Å². The van der Waals surface area contributed by atoms with E-state index in [1.807, 2.05) is 0 Å². The van der Waals surface area contributed by atoms with Gasteiger partial charge >= 0.3 is 5.97 Å². The molecule has 0 radical (unpaired) electrons. The maximum Gasteiger partial charge on any atom is 0.304 e. The molecule has 0 aliphatic rings. The lowest BCUT2D eigenvalue weighted by molar-refractivity contribution is -0.138. The van der Waals surface area contributed by atoms with Crippen molar-refractivity contribution < 1.29 is 19.0 Å². The summed E-state index contributed by atoms with van der Waals surface area (Å²) in [5.41, 5.74) is -0.404. The Morgan fingerprint density at radius 2 is 2.12 bits per heavy atom. The van der Waals surface area contributed by atoms with Gasteiger partial charge in [-0.15, -0.1) is 0 Å². The van der Waals surface area contributed by atoms with Crippen molar-refractivity contribution in [3.8, 4) is 5.75 Å². The number of ether oxygens (including phenoxy) is 1. The van der Waals surface area contributed by atoms with Crippen LogP contribution in [-0.4, -0.2) is 18.2 Å². The number of aliphatic carboxylic acids is 1. The predicted molar refractivity (Wildman–Crippen MR) is 58.2 cm³/mol. The second-order valence-electron chi connectivity index (χ2n) is 4.28. The summed E-state index contributed by atoms with van der Waals surface area (Å²) < 4.78 is 18.8. The first-order valence-corrected chi connectivity index (χ1v) is 4.93. The van der Waals surface area contributed by atoms with E-state index >= 15 is 0 Å². The van der Waals surface area contributed by atoms with E-state index in [-0.39, 0.29) is 12.2 Å². The first-order valence-electron chi connectivity index (χ1n) is 4.93. The Morgan fingerprint density at radius 1 is 1.50 bits per heavy atom. The van der Waals surface area contributed by atoms with Crippen LogP contribution in [0.25, 0.3) is 0 Å². The highest BCUT2D eigenvalue weighted by molar-refractivity contribution is 5.69. The van der Waals surface area contributed by atoms with Crippen molar-refractivity contribution in [1.29, 1.82) is 0 Å². The zero-order chi connectivity index (χ0) is 12.3. The Labute approximate surface area is 93.9 Å². The molecule has 0 spiro atoms. The average Bonchev–Trinajstić information content (AvgIpc) is 2.15. The maximum atomic E-state index is 13.9. The number of halogens is 1. The monoisotopic (exact) mass is 226 g/mol. The van der Waals surface area contributed by atoms with Gasteiger partial charge < -0.3 is 9.84 Å². The lowest BCUT2D eigenvalue weighted by Gasteiger charge is -2.24. The molecule has 1 aromatic rings. The molecule has 0 amide bonds. The minimum Gasteiger partial charge on any atom is -0.494 e. The molecular weight excluding hydrogens is 211 g/mol. The van der Waals surface area contributed by atoms with Crippen LogP contribution < -0.4 is 4.74 Å². The van der Waals surface area contributed by atoms with Crippen LogP contribution >= 0.6 is 0 Å².